The minimum Gasteiger partial charge on any atom is -0.299 e. The summed E-state index contributed by atoms with van der Waals surface area (Å²) in [4.78, 5) is 33.7. The van der Waals surface area contributed by atoms with Crippen molar-refractivity contribution < 1.29 is 27.7 Å². The number of hydrogen-bond acceptors (Lipinski definition) is 4. The first-order chi connectivity index (χ1) is 10.0. The van der Waals surface area contributed by atoms with Crippen LogP contribution >= 0.6 is 0 Å². The Morgan fingerprint density at radius 3 is 2.36 bits per heavy atom. The molecule has 118 valence electrons. The Morgan fingerprint density at radius 2 is 1.91 bits per heavy atom. The Kier molecular flexibility index (Phi) is 3.80. The first kappa shape index (κ1) is 16.1. The number of nitrogens with zero attached hydrogens (tertiary/aromatic N) is 1. The molecule has 0 amide bonds. The molecule has 8 heteroatoms. The van der Waals surface area contributed by atoms with E-state index >= 15 is 0 Å². The average Bonchev–Trinajstić information content (AvgIpc) is 3.16. The summed E-state index contributed by atoms with van der Waals surface area (Å²) in [6, 6.07) is 1.67. The summed E-state index contributed by atoms with van der Waals surface area (Å²) in [5.74, 6) is -1.18. The van der Waals surface area contributed by atoms with Crippen molar-refractivity contribution in [2.75, 3.05) is 0 Å². The molecule has 2 rings (SSSR count). The highest BCUT2D eigenvalue weighted by molar-refractivity contribution is 6.11. The average molecular weight is 315 g/mol. The topological polar surface area (TPSA) is 77.3 Å². The molecule has 0 aromatic heterocycles. The summed E-state index contributed by atoms with van der Waals surface area (Å²) in [6.07, 6.45) is -3.99. The minimum atomic E-state index is -4.75. The fraction of sp³-hybridized carbons (Fsp3) is 0.429. The van der Waals surface area contributed by atoms with E-state index in [-0.39, 0.29) is 5.78 Å². The number of benzene rings is 1. The second kappa shape index (κ2) is 5.19. The third-order valence-electron chi connectivity index (χ3n) is 3.82. The maximum Gasteiger partial charge on any atom is 0.416 e. The van der Waals surface area contributed by atoms with Crippen molar-refractivity contribution in [2.24, 2.45) is 5.41 Å². The van der Waals surface area contributed by atoms with Crippen LogP contribution in [-0.4, -0.2) is 16.5 Å². The highest BCUT2D eigenvalue weighted by Gasteiger charge is 2.45. The van der Waals surface area contributed by atoms with Crippen LogP contribution < -0.4 is 0 Å². The molecule has 1 fully saturated rings. The van der Waals surface area contributed by atoms with Crippen LogP contribution in [0.4, 0.5) is 18.9 Å². The van der Waals surface area contributed by atoms with Gasteiger partial charge in [-0.1, -0.05) is 6.92 Å². The van der Waals surface area contributed by atoms with Gasteiger partial charge in [-0.25, -0.2) is 0 Å². The number of carbonyl (C=O) groups is 2. The van der Waals surface area contributed by atoms with E-state index in [1.807, 2.05) is 0 Å². The van der Waals surface area contributed by atoms with Crippen LogP contribution in [0.25, 0.3) is 0 Å². The van der Waals surface area contributed by atoms with Crippen LogP contribution in [0.1, 0.15) is 42.1 Å². The van der Waals surface area contributed by atoms with Crippen molar-refractivity contribution in [2.45, 2.75) is 32.4 Å². The third kappa shape index (κ3) is 3.15. The summed E-state index contributed by atoms with van der Waals surface area (Å²) in [5, 5.41) is 10.9. The van der Waals surface area contributed by atoms with Crippen molar-refractivity contribution in [1.29, 1.82) is 0 Å². The van der Waals surface area contributed by atoms with Gasteiger partial charge in [-0.2, -0.15) is 13.2 Å². The van der Waals surface area contributed by atoms with Gasteiger partial charge in [-0.15, -0.1) is 0 Å². The van der Waals surface area contributed by atoms with E-state index in [1.165, 1.54) is 0 Å². The molecule has 1 aromatic rings. The monoisotopic (exact) mass is 315 g/mol. The largest absolute Gasteiger partial charge is 0.416 e. The molecule has 0 saturated heterocycles. The standard InChI is InChI=1S/C14H12F3NO4/c1-13(4-5-13)12(20)7-11(19)9-3-2-8(14(15,16)17)6-10(9)18(21)22/h2-3,6H,4-5,7H2,1H3. The molecule has 0 radical (unpaired) electrons. The minimum absolute atomic E-state index is 0.316. The van der Waals surface area contributed by atoms with Crippen molar-refractivity contribution in [3.05, 3.63) is 39.4 Å². The van der Waals surface area contributed by atoms with Crippen LogP contribution in [0.2, 0.25) is 0 Å². The van der Waals surface area contributed by atoms with Crippen LogP contribution in [0.5, 0.6) is 0 Å². The van der Waals surface area contributed by atoms with E-state index in [2.05, 4.69) is 0 Å². The van der Waals surface area contributed by atoms with Gasteiger partial charge in [-0.3, -0.25) is 19.7 Å². The Balaban J connectivity index is 2.32. The van der Waals surface area contributed by atoms with Gasteiger partial charge in [0.25, 0.3) is 5.69 Å². The van der Waals surface area contributed by atoms with Crippen LogP contribution in [0.3, 0.4) is 0 Å². The zero-order chi connectivity index (χ0) is 16.7. The second-order valence-corrected chi connectivity index (χ2v) is 5.57. The number of Topliss-reactive ketones (excluding diaryl/α,β-unsaturated/α-hetero) is 2. The molecule has 1 aliphatic rings. The van der Waals surface area contributed by atoms with Crippen molar-refractivity contribution in [1.82, 2.24) is 0 Å². The van der Waals surface area contributed by atoms with E-state index < -0.39 is 45.5 Å². The molecule has 0 unspecified atom stereocenters. The lowest BCUT2D eigenvalue weighted by atomic mass is 9.95. The summed E-state index contributed by atoms with van der Waals surface area (Å²) in [7, 11) is 0. The molecular formula is C14H12F3NO4. The van der Waals surface area contributed by atoms with Gasteiger partial charge >= 0.3 is 6.18 Å². The van der Waals surface area contributed by atoms with E-state index in [0.717, 1.165) is 6.07 Å². The zero-order valence-electron chi connectivity index (χ0n) is 11.6. The molecule has 0 N–H and O–H groups in total. The molecule has 1 aliphatic carbocycles. The molecule has 1 aromatic carbocycles. The smallest absolute Gasteiger partial charge is 0.299 e. The van der Waals surface area contributed by atoms with E-state index in [4.69, 9.17) is 0 Å². The number of nitro benzene ring substituents is 1. The maximum absolute atomic E-state index is 12.6. The number of alkyl halides is 3. The number of rotatable bonds is 5. The van der Waals surface area contributed by atoms with Crippen LogP contribution in [-0.2, 0) is 11.0 Å². The molecule has 0 atom stereocenters. The summed E-state index contributed by atoms with van der Waals surface area (Å²) < 4.78 is 37.7. The number of nitro groups is 1. The van der Waals surface area contributed by atoms with Crippen LogP contribution in [0, 0.1) is 15.5 Å². The van der Waals surface area contributed by atoms with Gasteiger partial charge in [0, 0.05) is 11.5 Å². The van der Waals surface area contributed by atoms with E-state index in [0.29, 0.717) is 25.0 Å². The van der Waals surface area contributed by atoms with Gasteiger partial charge in [0.05, 0.1) is 22.5 Å². The van der Waals surface area contributed by atoms with Crippen LogP contribution in [0.15, 0.2) is 18.2 Å². The SMILES string of the molecule is CC1(C(=O)CC(=O)c2ccc(C(F)(F)F)cc2[N+](=O)[O-])CC1. The molecule has 1 saturated carbocycles. The molecule has 0 spiro atoms. The Bertz CT molecular complexity index is 663. The van der Waals surface area contributed by atoms with Crippen molar-refractivity contribution in [3.8, 4) is 0 Å². The first-order valence-corrected chi connectivity index (χ1v) is 6.47. The number of ketones is 2. The van der Waals surface area contributed by atoms with Gasteiger partial charge < -0.3 is 0 Å². The summed E-state index contributed by atoms with van der Waals surface area (Å²) in [5.41, 5.74) is -3.20. The Morgan fingerprint density at radius 1 is 1.32 bits per heavy atom. The zero-order valence-corrected chi connectivity index (χ0v) is 11.6. The molecule has 0 aliphatic heterocycles. The lowest BCUT2D eigenvalue weighted by Crippen LogP contribution is -2.17. The predicted molar refractivity (Wildman–Crippen MR) is 69.4 cm³/mol. The second-order valence-electron chi connectivity index (χ2n) is 5.57. The lowest BCUT2D eigenvalue weighted by Gasteiger charge is -2.09. The van der Waals surface area contributed by atoms with E-state index in [1.54, 1.807) is 6.92 Å². The Hall–Kier alpha value is -2.25. The van der Waals surface area contributed by atoms with Gasteiger partial charge in [-0.05, 0) is 25.0 Å². The molecular weight excluding hydrogens is 303 g/mol. The molecule has 5 nitrogen and oxygen atoms in total. The number of halogens is 3. The highest BCUT2D eigenvalue weighted by Crippen LogP contribution is 2.46. The first-order valence-electron chi connectivity index (χ1n) is 6.47. The predicted octanol–water partition coefficient (Wildman–Crippen LogP) is 3.56. The number of hydrogen-bond donors (Lipinski definition) is 0. The highest BCUT2D eigenvalue weighted by atomic mass is 19.4. The van der Waals surface area contributed by atoms with Gasteiger partial charge in [0.2, 0.25) is 0 Å². The quantitative estimate of drug-likeness (QED) is 0.360. The summed E-state index contributed by atoms with van der Waals surface area (Å²) >= 11 is 0. The molecule has 0 heterocycles. The Labute approximate surface area is 123 Å². The van der Waals surface area contributed by atoms with Crippen molar-refractivity contribution >= 4 is 17.3 Å². The fourth-order valence-corrected chi connectivity index (χ4v) is 2.02. The van der Waals surface area contributed by atoms with Gasteiger partial charge in [0.15, 0.2) is 5.78 Å². The lowest BCUT2D eigenvalue weighted by molar-refractivity contribution is -0.385. The number of carbonyl (C=O) groups excluding carboxylic acids is 2. The fourth-order valence-electron chi connectivity index (χ4n) is 2.02. The maximum atomic E-state index is 12.6. The van der Waals surface area contributed by atoms with E-state index in [9.17, 15) is 32.9 Å². The molecule has 22 heavy (non-hydrogen) atoms. The van der Waals surface area contributed by atoms with Crippen molar-refractivity contribution in [3.63, 3.8) is 0 Å². The third-order valence-corrected chi connectivity index (χ3v) is 3.82. The molecule has 0 bridgehead atoms. The normalized spacial score (nSPS) is 16.2. The van der Waals surface area contributed by atoms with Gasteiger partial charge in [0.1, 0.15) is 5.78 Å². The summed E-state index contributed by atoms with van der Waals surface area (Å²) in [6.45, 7) is 1.68.